The Morgan fingerprint density at radius 3 is 2.58 bits per heavy atom. The third-order valence-corrected chi connectivity index (χ3v) is 2.69. The average Bonchev–Trinajstić information content (AvgIpc) is 3.03. The summed E-state index contributed by atoms with van der Waals surface area (Å²) in [7, 11) is 0. The zero-order chi connectivity index (χ0) is 14.2. The first kappa shape index (κ1) is 13.7. The zero-order valence-corrected chi connectivity index (χ0v) is 9.30. The fourth-order valence-corrected chi connectivity index (χ4v) is 1.66. The predicted molar refractivity (Wildman–Crippen MR) is 52.8 cm³/mol. The molecule has 1 N–H and O–H groups in total. The number of hydrogen-bond acceptors (Lipinski definition) is 3. The molecule has 2 atom stereocenters. The molecule has 104 valence electrons. The number of carbonyl (C=O) groups is 1. The lowest BCUT2D eigenvalue weighted by atomic mass is 10.1. The van der Waals surface area contributed by atoms with E-state index in [1.165, 1.54) is 6.07 Å². The first-order chi connectivity index (χ1) is 8.79. The van der Waals surface area contributed by atoms with E-state index in [9.17, 15) is 26.7 Å². The normalized spacial score (nSPS) is 22.2. The van der Waals surface area contributed by atoms with Crippen LogP contribution in [-0.2, 0) is 9.63 Å². The number of halogens is 5. The van der Waals surface area contributed by atoms with Crippen molar-refractivity contribution < 1.29 is 31.6 Å². The van der Waals surface area contributed by atoms with Gasteiger partial charge in [0.2, 0.25) is 0 Å². The molecule has 8 heteroatoms. The van der Waals surface area contributed by atoms with Crippen molar-refractivity contribution in [1.29, 1.82) is 0 Å². The van der Waals surface area contributed by atoms with Gasteiger partial charge in [0.15, 0.2) is 0 Å². The molecule has 0 bridgehead atoms. The summed E-state index contributed by atoms with van der Waals surface area (Å²) in [5, 5.41) is 0. The SMILES string of the molecule is O=C(ONC1CC1c1ccc(F)cc1F)C(F)(F)F. The van der Waals surface area contributed by atoms with Crippen molar-refractivity contribution in [1.82, 2.24) is 5.48 Å². The quantitative estimate of drug-likeness (QED) is 0.683. The van der Waals surface area contributed by atoms with Crippen molar-refractivity contribution in [3.63, 3.8) is 0 Å². The molecule has 0 aromatic heterocycles. The molecule has 2 unspecified atom stereocenters. The number of nitrogens with one attached hydrogen (secondary N) is 1. The topological polar surface area (TPSA) is 38.3 Å². The van der Waals surface area contributed by atoms with E-state index in [-0.39, 0.29) is 5.56 Å². The minimum Gasteiger partial charge on any atom is -0.363 e. The van der Waals surface area contributed by atoms with Crippen LogP contribution in [0.25, 0.3) is 0 Å². The molecule has 0 radical (unpaired) electrons. The molecule has 2 rings (SSSR count). The van der Waals surface area contributed by atoms with Gasteiger partial charge in [-0.2, -0.15) is 13.2 Å². The van der Waals surface area contributed by atoms with Crippen LogP contribution < -0.4 is 5.48 Å². The fourth-order valence-electron chi connectivity index (χ4n) is 1.66. The number of alkyl halides is 3. The van der Waals surface area contributed by atoms with Gasteiger partial charge in [0.1, 0.15) is 11.6 Å². The molecular formula is C11H8F5NO2. The van der Waals surface area contributed by atoms with E-state index in [4.69, 9.17) is 0 Å². The molecule has 0 amide bonds. The van der Waals surface area contributed by atoms with Crippen LogP contribution in [0.2, 0.25) is 0 Å². The van der Waals surface area contributed by atoms with Crippen LogP contribution in [0.5, 0.6) is 0 Å². The van der Waals surface area contributed by atoms with Gasteiger partial charge in [0.05, 0.1) is 6.04 Å². The number of hydroxylamine groups is 1. The maximum absolute atomic E-state index is 13.3. The zero-order valence-electron chi connectivity index (χ0n) is 9.30. The number of benzene rings is 1. The van der Waals surface area contributed by atoms with E-state index in [2.05, 4.69) is 4.84 Å². The number of rotatable bonds is 3. The molecule has 0 spiro atoms. The number of carbonyl (C=O) groups excluding carboxylic acids is 1. The Morgan fingerprint density at radius 2 is 2.00 bits per heavy atom. The Balaban J connectivity index is 1.90. The minimum atomic E-state index is -5.08. The van der Waals surface area contributed by atoms with Gasteiger partial charge >= 0.3 is 12.1 Å². The van der Waals surface area contributed by atoms with Gasteiger partial charge in [-0.25, -0.2) is 13.6 Å². The molecule has 1 aromatic carbocycles. The highest BCUT2D eigenvalue weighted by Crippen LogP contribution is 2.42. The second-order valence-corrected chi connectivity index (χ2v) is 4.12. The van der Waals surface area contributed by atoms with Gasteiger partial charge in [0, 0.05) is 12.0 Å². The van der Waals surface area contributed by atoms with Crippen LogP contribution in [0.4, 0.5) is 22.0 Å². The summed E-state index contributed by atoms with van der Waals surface area (Å²) in [5.74, 6) is -4.33. The minimum absolute atomic E-state index is 0.168. The summed E-state index contributed by atoms with van der Waals surface area (Å²) in [4.78, 5) is 14.3. The van der Waals surface area contributed by atoms with Gasteiger partial charge in [-0.3, -0.25) is 0 Å². The highest BCUT2D eigenvalue weighted by atomic mass is 19.4. The largest absolute Gasteiger partial charge is 0.492 e. The molecule has 1 aliphatic rings. The third-order valence-electron chi connectivity index (χ3n) is 2.69. The van der Waals surface area contributed by atoms with Crippen LogP contribution in [0.3, 0.4) is 0 Å². The van der Waals surface area contributed by atoms with E-state index in [1.807, 2.05) is 5.48 Å². The van der Waals surface area contributed by atoms with Crippen LogP contribution in [-0.4, -0.2) is 18.2 Å². The van der Waals surface area contributed by atoms with Crippen molar-refractivity contribution in [3.8, 4) is 0 Å². The van der Waals surface area contributed by atoms with E-state index < -0.39 is 35.7 Å². The second-order valence-electron chi connectivity index (χ2n) is 4.12. The summed E-state index contributed by atoms with van der Waals surface area (Å²) >= 11 is 0. The van der Waals surface area contributed by atoms with E-state index in [1.54, 1.807) is 0 Å². The molecule has 0 saturated heterocycles. The molecule has 0 aliphatic heterocycles. The summed E-state index contributed by atoms with van der Waals surface area (Å²) < 4.78 is 61.5. The van der Waals surface area contributed by atoms with Gasteiger partial charge in [0.25, 0.3) is 0 Å². The summed E-state index contributed by atoms with van der Waals surface area (Å²) in [6, 6.07) is 2.34. The first-order valence-electron chi connectivity index (χ1n) is 5.27. The Hall–Kier alpha value is -1.70. The van der Waals surface area contributed by atoms with Crippen molar-refractivity contribution in [2.45, 2.75) is 24.6 Å². The Kier molecular flexibility index (Phi) is 3.44. The molecule has 0 heterocycles. The summed E-state index contributed by atoms with van der Waals surface area (Å²) in [5.41, 5.74) is 2.09. The van der Waals surface area contributed by atoms with Crippen molar-refractivity contribution >= 4 is 5.97 Å². The summed E-state index contributed by atoms with van der Waals surface area (Å²) in [6.45, 7) is 0. The standard InChI is InChI=1S/C11H8F5NO2/c12-5-1-2-6(8(13)3-5)7-4-9(7)17-19-10(18)11(14,15)16/h1-3,7,9,17H,4H2. The first-order valence-corrected chi connectivity index (χ1v) is 5.27. The maximum atomic E-state index is 13.3. The molecular weight excluding hydrogens is 273 g/mol. The lowest BCUT2D eigenvalue weighted by Crippen LogP contribution is -2.32. The van der Waals surface area contributed by atoms with Crippen molar-refractivity contribution in [2.75, 3.05) is 0 Å². The molecule has 1 aliphatic carbocycles. The smallest absolute Gasteiger partial charge is 0.363 e. The van der Waals surface area contributed by atoms with Gasteiger partial charge in [-0.15, -0.1) is 5.48 Å². The van der Waals surface area contributed by atoms with Crippen molar-refractivity contribution in [2.24, 2.45) is 0 Å². The van der Waals surface area contributed by atoms with Gasteiger partial charge in [-0.05, 0) is 18.1 Å². The fraction of sp³-hybridized carbons (Fsp3) is 0.364. The highest BCUT2D eigenvalue weighted by Gasteiger charge is 2.45. The average molecular weight is 281 g/mol. The van der Waals surface area contributed by atoms with E-state index >= 15 is 0 Å². The Morgan fingerprint density at radius 1 is 1.32 bits per heavy atom. The monoisotopic (exact) mass is 281 g/mol. The molecule has 3 nitrogen and oxygen atoms in total. The molecule has 1 aromatic rings. The lowest BCUT2D eigenvalue weighted by molar-refractivity contribution is -0.207. The lowest BCUT2D eigenvalue weighted by Gasteiger charge is -2.07. The van der Waals surface area contributed by atoms with Gasteiger partial charge in [-0.1, -0.05) is 6.07 Å². The predicted octanol–water partition coefficient (Wildman–Crippen LogP) is 2.43. The van der Waals surface area contributed by atoms with Gasteiger partial charge < -0.3 is 4.84 Å². The maximum Gasteiger partial charge on any atom is 0.492 e. The van der Waals surface area contributed by atoms with Crippen LogP contribution in [0, 0.1) is 11.6 Å². The van der Waals surface area contributed by atoms with Crippen LogP contribution in [0.1, 0.15) is 17.9 Å². The van der Waals surface area contributed by atoms with Crippen LogP contribution >= 0.6 is 0 Å². The molecule has 1 fully saturated rings. The molecule has 19 heavy (non-hydrogen) atoms. The highest BCUT2D eigenvalue weighted by molar-refractivity contribution is 5.75. The second kappa shape index (κ2) is 4.76. The third kappa shape index (κ3) is 3.19. The van der Waals surface area contributed by atoms with E-state index in [0.717, 1.165) is 6.07 Å². The van der Waals surface area contributed by atoms with E-state index in [0.29, 0.717) is 12.5 Å². The van der Waals surface area contributed by atoms with Crippen molar-refractivity contribution in [3.05, 3.63) is 35.4 Å². The van der Waals surface area contributed by atoms with Crippen LogP contribution in [0.15, 0.2) is 18.2 Å². The number of hydrogen-bond donors (Lipinski definition) is 1. The Labute approximate surface area is 104 Å². The summed E-state index contributed by atoms with van der Waals surface area (Å²) in [6.07, 6.45) is -4.79. The molecule has 1 saturated carbocycles. The Bertz CT molecular complexity index is 502.